The van der Waals surface area contributed by atoms with E-state index in [1.54, 1.807) is 6.08 Å². The van der Waals surface area contributed by atoms with Gasteiger partial charge in [0, 0.05) is 12.5 Å². The van der Waals surface area contributed by atoms with Gasteiger partial charge in [-0.05, 0) is 18.6 Å². The number of quaternary nitrogens is 1. The van der Waals surface area contributed by atoms with Gasteiger partial charge in [-0.25, -0.2) is 8.42 Å². The van der Waals surface area contributed by atoms with Crippen LogP contribution in [0.5, 0.6) is 0 Å². The van der Waals surface area contributed by atoms with Crippen LogP contribution in [0.25, 0.3) is 6.08 Å². The van der Waals surface area contributed by atoms with Crippen molar-refractivity contribution in [1.82, 2.24) is 4.90 Å². The number of amides is 1. The maximum atomic E-state index is 12.3. The summed E-state index contributed by atoms with van der Waals surface area (Å²) in [5, 5.41) is 0. The lowest BCUT2D eigenvalue weighted by atomic mass is 10.1. The fourth-order valence-electron chi connectivity index (χ4n) is 3.49. The van der Waals surface area contributed by atoms with Crippen molar-refractivity contribution in [3.63, 3.8) is 0 Å². The molecule has 0 aliphatic carbocycles. The zero-order valence-electron chi connectivity index (χ0n) is 14.1. The van der Waals surface area contributed by atoms with E-state index in [0.29, 0.717) is 24.6 Å². The number of carbonyl (C=O) groups excluding carboxylic acids is 1. The van der Waals surface area contributed by atoms with Gasteiger partial charge in [-0.1, -0.05) is 29.8 Å². The van der Waals surface area contributed by atoms with Crippen molar-refractivity contribution in [2.24, 2.45) is 0 Å². The summed E-state index contributed by atoms with van der Waals surface area (Å²) in [4.78, 5) is 15.5. The smallest absolute Gasteiger partial charge is 0.246 e. The van der Waals surface area contributed by atoms with Crippen LogP contribution in [0.1, 0.15) is 17.5 Å². The van der Waals surface area contributed by atoms with E-state index in [4.69, 9.17) is 0 Å². The lowest BCUT2D eigenvalue weighted by Crippen LogP contribution is -3.18. The molecule has 0 aromatic heterocycles. The van der Waals surface area contributed by atoms with Crippen molar-refractivity contribution >= 4 is 21.8 Å². The summed E-state index contributed by atoms with van der Waals surface area (Å²) >= 11 is 0. The summed E-state index contributed by atoms with van der Waals surface area (Å²) < 4.78 is 23.2. The Bertz CT molecular complexity index is 717. The molecule has 3 rings (SSSR count). The Kier molecular flexibility index (Phi) is 5.06. The molecule has 2 aliphatic rings. The van der Waals surface area contributed by atoms with Crippen molar-refractivity contribution in [2.75, 3.05) is 37.7 Å². The molecule has 0 bridgehead atoms. The first-order valence-electron chi connectivity index (χ1n) is 8.52. The van der Waals surface area contributed by atoms with Crippen molar-refractivity contribution in [3.8, 4) is 0 Å². The molecule has 1 amide bonds. The van der Waals surface area contributed by atoms with Crippen molar-refractivity contribution in [1.29, 1.82) is 0 Å². The second-order valence-electron chi connectivity index (χ2n) is 6.83. The normalized spacial score (nSPS) is 24.5. The van der Waals surface area contributed by atoms with Crippen molar-refractivity contribution in [3.05, 3.63) is 41.5 Å². The first kappa shape index (κ1) is 17.2. The number of nitrogens with one attached hydrogen (secondary N) is 1. The zero-order chi connectivity index (χ0) is 17.2. The molecule has 5 nitrogen and oxygen atoms in total. The van der Waals surface area contributed by atoms with Crippen LogP contribution in [0, 0.1) is 6.92 Å². The zero-order valence-corrected chi connectivity index (χ0v) is 14.9. The maximum absolute atomic E-state index is 12.3. The molecule has 1 aromatic rings. The predicted octanol–water partition coefficient (Wildman–Crippen LogP) is -0.0776. The minimum Gasteiger partial charge on any atom is -0.329 e. The van der Waals surface area contributed by atoms with Gasteiger partial charge in [0.1, 0.15) is 11.8 Å². The van der Waals surface area contributed by atoms with E-state index >= 15 is 0 Å². The van der Waals surface area contributed by atoms with Crippen LogP contribution in [0.15, 0.2) is 30.3 Å². The molecule has 0 saturated carbocycles. The molecular weight excluding hydrogens is 324 g/mol. The number of hydrogen-bond donors (Lipinski definition) is 1. The molecule has 24 heavy (non-hydrogen) atoms. The average molecular weight is 349 g/mol. The molecule has 1 N–H and O–H groups in total. The quantitative estimate of drug-likeness (QED) is 0.777. The Morgan fingerprint density at radius 1 is 1.21 bits per heavy atom. The van der Waals surface area contributed by atoms with Gasteiger partial charge < -0.3 is 9.80 Å². The summed E-state index contributed by atoms with van der Waals surface area (Å²) in [5.74, 6) is 0.667. The van der Waals surface area contributed by atoms with Gasteiger partial charge in [-0.15, -0.1) is 0 Å². The Morgan fingerprint density at radius 2 is 1.88 bits per heavy atom. The third kappa shape index (κ3) is 4.24. The number of sulfone groups is 1. The largest absolute Gasteiger partial charge is 0.329 e. The second kappa shape index (κ2) is 7.07. The number of carbonyl (C=O) groups is 1. The van der Waals surface area contributed by atoms with Gasteiger partial charge in [-0.3, -0.25) is 4.79 Å². The molecule has 2 aliphatic heterocycles. The van der Waals surface area contributed by atoms with Gasteiger partial charge in [0.2, 0.25) is 5.91 Å². The van der Waals surface area contributed by atoms with Crippen LogP contribution >= 0.6 is 0 Å². The Balaban J connectivity index is 1.51. The van der Waals surface area contributed by atoms with Crippen LogP contribution in [-0.4, -0.2) is 63.0 Å². The molecule has 0 spiro atoms. The fraction of sp³-hybridized carbons (Fsp3) is 0.500. The molecule has 130 valence electrons. The van der Waals surface area contributed by atoms with Crippen LogP contribution < -0.4 is 4.90 Å². The Hall–Kier alpha value is -1.66. The number of benzene rings is 1. The molecule has 6 heteroatoms. The summed E-state index contributed by atoms with van der Waals surface area (Å²) in [6, 6.07) is 8.28. The lowest BCUT2D eigenvalue weighted by Gasteiger charge is -2.34. The van der Waals surface area contributed by atoms with Crippen LogP contribution in [-0.2, 0) is 14.6 Å². The minimum absolute atomic E-state index is 0.0358. The lowest BCUT2D eigenvalue weighted by molar-refractivity contribution is -0.925. The topological polar surface area (TPSA) is 58.9 Å². The Morgan fingerprint density at radius 3 is 2.46 bits per heavy atom. The highest BCUT2D eigenvalue weighted by Crippen LogP contribution is 2.10. The summed E-state index contributed by atoms with van der Waals surface area (Å²) in [6.07, 6.45) is 4.25. The Labute approximate surface area is 143 Å². The van der Waals surface area contributed by atoms with E-state index in [2.05, 4.69) is 0 Å². The van der Waals surface area contributed by atoms with E-state index < -0.39 is 9.84 Å². The number of hydrogen-bond acceptors (Lipinski definition) is 3. The summed E-state index contributed by atoms with van der Waals surface area (Å²) in [6.45, 7) is 5.11. The van der Waals surface area contributed by atoms with E-state index in [0.717, 1.165) is 25.1 Å². The molecule has 0 unspecified atom stereocenters. The van der Waals surface area contributed by atoms with Gasteiger partial charge in [-0.2, -0.15) is 0 Å². The van der Waals surface area contributed by atoms with Crippen LogP contribution in [0.2, 0.25) is 0 Å². The molecular formula is C18H25N2O3S+. The highest BCUT2D eigenvalue weighted by atomic mass is 32.2. The van der Waals surface area contributed by atoms with Gasteiger partial charge in [0.15, 0.2) is 9.84 Å². The fourth-order valence-corrected chi connectivity index (χ4v) is 5.32. The maximum Gasteiger partial charge on any atom is 0.246 e. The predicted molar refractivity (Wildman–Crippen MR) is 94.5 cm³/mol. The van der Waals surface area contributed by atoms with Gasteiger partial charge in [0.25, 0.3) is 0 Å². The molecule has 2 saturated heterocycles. The van der Waals surface area contributed by atoms with E-state index in [1.807, 2.05) is 42.2 Å². The monoisotopic (exact) mass is 349 g/mol. The van der Waals surface area contributed by atoms with Crippen LogP contribution in [0.3, 0.4) is 0 Å². The second-order valence-corrected chi connectivity index (χ2v) is 9.06. The molecule has 1 atom stereocenters. The van der Waals surface area contributed by atoms with Crippen molar-refractivity contribution < 1.29 is 18.1 Å². The first-order valence-corrected chi connectivity index (χ1v) is 10.3. The van der Waals surface area contributed by atoms with Gasteiger partial charge in [0.05, 0.1) is 31.9 Å². The van der Waals surface area contributed by atoms with Gasteiger partial charge >= 0.3 is 0 Å². The van der Waals surface area contributed by atoms with E-state index in [9.17, 15) is 13.2 Å². The molecule has 1 aromatic carbocycles. The van der Waals surface area contributed by atoms with E-state index in [1.165, 1.54) is 10.5 Å². The number of rotatable bonds is 3. The third-order valence-electron chi connectivity index (χ3n) is 5.02. The van der Waals surface area contributed by atoms with Crippen molar-refractivity contribution in [2.45, 2.75) is 19.4 Å². The summed E-state index contributed by atoms with van der Waals surface area (Å²) in [5.41, 5.74) is 2.22. The molecule has 0 radical (unpaired) electrons. The molecule has 2 fully saturated rings. The first-order chi connectivity index (χ1) is 11.4. The molecule has 2 heterocycles. The summed E-state index contributed by atoms with van der Waals surface area (Å²) in [7, 11) is -2.83. The standard InChI is InChI=1S/C18H24N2O3S/c1-15-2-4-16(5-3-15)6-7-18(21)20-11-9-19(10-12-20)17-8-13-24(22,23)14-17/h2-7,17H,8-14H2,1H3/p+1/b7-6+/t17-/m1/s1. The average Bonchev–Trinajstić information content (AvgIpc) is 2.94. The highest BCUT2D eigenvalue weighted by molar-refractivity contribution is 7.91. The number of aryl methyl sites for hydroxylation is 1. The van der Waals surface area contributed by atoms with E-state index in [-0.39, 0.29) is 11.9 Å². The number of nitrogens with zero attached hydrogens (tertiary/aromatic N) is 1. The minimum atomic E-state index is -2.83. The third-order valence-corrected chi connectivity index (χ3v) is 6.79. The SMILES string of the molecule is Cc1ccc(/C=C/C(=O)N2CC[NH+]([C@@H]3CCS(=O)(=O)C3)CC2)cc1. The highest BCUT2D eigenvalue weighted by Gasteiger charge is 2.37. The van der Waals surface area contributed by atoms with Crippen LogP contribution in [0.4, 0.5) is 0 Å². The number of piperazine rings is 1.